The number of nitrogens with one attached hydrogen (secondary N) is 1. The van der Waals surface area contributed by atoms with Crippen molar-refractivity contribution >= 4 is 0 Å². The van der Waals surface area contributed by atoms with Crippen molar-refractivity contribution < 1.29 is 5.11 Å². The molecule has 3 atom stereocenters. The highest BCUT2D eigenvalue weighted by molar-refractivity contribution is 4.85. The molecule has 0 radical (unpaired) electrons. The molecule has 3 heteroatoms. The molecule has 0 aromatic heterocycles. The second kappa shape index (κ2) is 7.05. The van der Waals surface area contributed by atoms with Gasteiger partial charge in [0.25, 0.3) is 0 Å². The highest BCUT2D eigenvalue weighted by Crippen LogP contribution is 2.28. The van der Waals surface area contributed by atoms with Crippen LogP contribution >= 0.6 is 0 Å². The van der Waals surface area contributed by atoms with Gasteiger partial charge in [0, 0.05) is 19.1 Å². The van der Waals surface area contributed by atoms with Crippen LogP contribution in [0.5, 0.6) is 0 Å². The first-order chi connectivity index (χ1) is 8.68. The first kappa shape index (κ1) is 16.9. The van der Waals surface area contributed by atoms with Crippen LogP contribution in [0.25, 0.3) is 0 Å². The first-order valence-corrected chi connectivity index (χ1v) is 7.78. The topological polar surface area (TPSA) is 35.5 Å². The molecule has 1 aliphatic heterocycles. The van der Waals surface area contributed by atoms with Crippen LogP contribution in [0.15, 0.2) is 0 Å². The number of likely N-dealkylation sites (tertiary alicyclic amines) is 1. The van der Waals surface area contributed by atoms with E-state index < -0.39 is 0 Å². The molecular weight excluding hydrogens is 236 g/mol. The molecule has 0 bridgehead atoms. The van der Waals surface area contributed by atoms with Crippen LogP contribution in [-0.2, 0) is 0 Å². The zero-order chi connectivity index (χ0) is 14.6. The van der Waals surface area contributed by atoms with Crippen molar-refractivity contribution in [1.82, 2.24) is 10.2 Å². The van der Waals surface area contributed by atoms with E-state index in [1.54, 1.807) is 0 Å². The first-order valence-electron chi connectivity index (χ1n) is 7.78. The summed E-state index contributed by atoms with van der Waals surface area (Å²) in [4.78, 5) is 2.40. The number of aliphatic hydroxyl groups excluding tert-OH is 1. The summed E-state index contributed by atoms with van der Waals surface area (Å²) in [6.07, 6.45) is 1.92. The molecular formula is C16H34N2O. The second-order valence-corrected chi connectivity index (χ2v) is 7.94. The van der Waals surface area contributed by atoms with Crippen molar-refractivity contribution in [1.29, 1.82) is 0 Å². The summed E-state index contributed by atoms with van der Waals surface area (Å²) >= 11 is 0. The highest BCUT2D eigenvalue weighted by atomic mass is 16.3. The van der Waals surface area contributed by atoms with Gasteiger partial charge in [0.05, 0.1) is 6.10 Å². The van der Waals surface area contributed by atoms with Gasteiger partial charge in [-0.3, -0.25) is 0 Å². The molecule has 0 aromatic rings. The lowest BCUT2D eigenvalue weighted by molar-refractivity contribution is 0.0252. The Balaban J connectivity index is 2.46. The number of piperidine rings is 1. The summed E-state index contributed by atoms with van der Waals surface area (Å²) in [5.74, 6) is 1.31. The molecule has 0 saturated carbocycles. The Kier molecular flexibility index (Phi) is 6.28. The molecule has 1 heterocycles. The highest BCUT2D eigenvalue weighted by Gasteiger charge is 2.30. The Morgan fingerprint density at radius 3 is 2.42 bits per heavy atom. The largest absolute Gasteiger partial charge is 0.393 e. The summed E-state index contributed by atoms with van der Waals surface area (Å²) in [6, 6.07) is 0.582. The van der Waals surface area contributed by atoms with E-state index in [1.165, 1.54) is 6.42 Å². The van der Waals surface area contributed by atoms with Crippen LogP contribution in [0.3, 0.4) is 0 Å². The van der Waals surface area contributed by atoms with Crippen molar-refractivity contribution in [3.05, 3.63) is 0 Å². The van der Waals surface area contributed by atoms with Gasteiger partial charge >= 0.3 is 0 Å². The number of hydrogen-bond donors (Lipinski definition) is 2. The summed E-state index contributed by atoms with van der Waals surface area (Å²) in [5, 5.41) is 14.0. The predicted molar refractivity (Wildman–Crippen MR) is 82.3 cm³/mol. The molecule has 0 spiro atoms. The average molecular weight is 270 g/mol. The van der Waals surface area contributed by atoms with Crippen molar-refractivity contribution in [2.75, 3.05) is 26.7 Å². The molecule has 1 saturated heterocycles. The number of likely N-dealkylation sites (N-methyl/N-ethyl adjacent to an activating group) is 1. The minimum Gasteiger partial charge on any atom is -0.393 e. The quantitative estimate of drug-likeness (QED) is 0.805. The third-order valence-corrected chi connectivity index (χ3v) is 4.09. The Labute approximate surface area is 119 Å². The maximum Gasteiger partial charge on any atom is 0.0591 e. The molecule has 19 heavy (non-hydrogen) atoms. The van der Waals surface area contributed by atoms with Gasteiger partial charge in [-0.15, -0.1) is 0 Å². The Hall–Kier alpha value is -0.120. The van der Waals surface area contributed by atoms with Crippen molar-refractivity contribution in [2.45, 2.75) is 59.6 Å². The third-order valence-electron chi connectivity index (χ3n) is 4.09. The smallest absolute Gasteiger partial charge is 0.0591 e. The van der Waals surface area contributed by atoms with Crippen LogP contribution < -0.4 is 5.32 Å². The van der Waals surface area contributed by atoms with Gasteiger partial charge in [-0.05, 0) is 43.7 Å². The van der Waals surface area contributed by atoms with Gasteiger partial charge in [-0.1, -0.05) is 34.6 Å². The summed E-state index contributed by atoms with van der Waals surface area (Å²) < 4.78 is 0. The SMILES string of the molecule is CC(C)CNC1CC(CC(O)C(C)(C)C)CN(C)C1. The molecule has 2 N–H and O–H groups in total. The van der Waals surface area contributed by atoms with Gasteiger partial charge in [0.1, 0.15) is 0 Å². The second-order valence-electron chi connectivity index (χ2n) is 7.94. The lowest BCUT2D eigenvalue weighted by atomic mass is 9.80. The van der Waals surface area contributed by atoms with Crippen LogP contribution in [0.2, 0.25) is 0 Å². The number of rotatable bonds is 5. The molecule has 1 fully saturated rings. The minimum atomic E-state index is -0.199. The van der Waals surface area contributed by atoms with Gasteiger partial charge < -0.3 is 15.3 Å². The van der Waals surface area contributed by atoms with Crippen molar-refractivity contribution in [3.8, 4) is 0 Å². The normalized spacial score (nSPS) is 27.8. The van der Waals surface area contributed by atoms with E-state index in [-0.39, 0.29) is 11.5 Å². The van der Waals surface area contributed by atoms with Gasteiger partial charge in [0.2, 0.25) is 0 Å². The molecule has 0 aromatic carbocycles. The zero-order valence-electron chi connectivity index (χ0n) is 13.7. The Morgan fingerprint density at radius 2 is 1.89 bits per heavy atom. The van der Waals surface area contributed by atoms with E-state index in [9.17, 15) is 5.11 Å². The van der Waals surface area contributed by atoms with E-state index >= 15 is 0 Å². The fourth-order valence-electron chi connectivity index (χ4n) is 2.83. The fourth-order valence-corrected chi connectivity index (χ4v) is 2.83. The maximum atomic E-state index is 10.3. The van der Waals surface area contributed by atoms with Gasteiger partial charge in [0.15, 0.2) is 0 Å². The summed E-state index contributed by atoms with van der Waals surface area (Å²) in [6.45, 7) is 14.2. The Morgan fingerprint density at radius 1 is 1.26 bits per heavy atom. The van der Waals surface area contributed by atoms with Crippen molar-refractivity contribution in [2.24, 2.45) is 17.3 Å². The minimum absolute atomic E-state index is 0.00310. The van der Waals surface area contributed by atoms with Crippen molar-refractivity contribution in [3.63, 3.8) is 0 Å². The molecule has 1 rings (SSSR count). The predicted octanol–water partition coefficient (Wildman–Crippen LogP) is 2.35. The summed E-state index contributed by atoms with van der Waals surface area (Å²) in [5.41, 5.74) is -0.00310. The van der Waals surface area contributed by atoms with E-state index in [1.807, 2.05) is 0 Å². The lowest BCUT2D eigenvalue weighted by Crippen LogP contribution is -2.49. The third kappa shape index (κ3) is 6.24. The maximum absolute atomic E-state index is 10.3. The molecule has 1 aliphatic rings. The van der Waals surface area contributed by atoms with Crippen LogP contribution in [0.1, 0.15) is 47.5 Å². The van der Waals surface area contributed by atoms with Crippen LogP contribution in [0, 0.1) is 17.3 Å². The molecule has 3 nitrogen and oxygen atoms in total. The van der Waals surface area contributed by atoms with Crippen LogP contribution in [-0.4, -0.2) is 48.8 Å². The average Bonchev–Trinajstić information content (AvgIpc) is 2.24. The number of nitrogens with zero attached hydrogens (tertiary/aromatic N) is 1. The van der Waals surface area contributed by atoms with Gasteiger partial charge in [-0.2, -0.15) is 0 Å². The summed E-state index contributed by atoms with van der Waals surface area (Å²) in [7, 11) is 2.19. The zero-order valence-corrected chi connectivity index (χ0v) is 13.7. The molecule has 0 aliphatic carbocycles. The molecule has 114 valence electrons. The number of aliphatic hydroxyl groups is 1. The molecule has 0 amide bonds. The molecule has 3 unspecified atom stereocenters. The fraction of sp³-hybridized carbons (Fsp3) is 1.00. The Bertz CT molecular complexity index is 260. The number of hydrogen-bond acceptors (Lipinski definition) is 3. The lowest BCUT2D eigenvalue weighted by Gasteiger charge is -2.39. The standard InChI is InChI=1S/C16H34N2O/c1-12(2)9-17-14-7-13(10-18(6)11-14)8-15(19)16(3,4)5/h12-15,17,19H,7-11H2,1-6H3. The van der Waals surface area contributed by atoms with E-state index in [4.69, 9.17) is 0 Å². The van der Waals surface area contributed by atoms with E-state index in [2.05, 4.69) is 51.9 Å². The monoisotopic (exact) mass is 270 g/mol. The van der Waals surface area contributed by atoms with E-state index in [0.29, 0.717) is 17.9 Å². The van der Waals surface area contributed by atoms with E-state index in [0.717, 1.165) is 26.1 Å². The van der Waals surface area contributed by atoms with Crippen LogP contribution in [0.4, 0.5) is 0 Å². The van der Waals surface area contributed by atoms with Gasteiger partial charge in [-0.25, -0.2) is 0 Å².